The van der Waals surface area contributed by atoms with E-state index in [2.05, 4.69) is 0 Å². The van der Waals surface area contributed by atoms with Crippen LogP contribution in [-0.2, 0) is 9.36 Å². The van der Waals surface area contributed by atoms with Crippen molar-refractivity contribution in [2.75, 3.05) is 12.0 Å². The number of halogens is 1. The quantitative estimate of drug-likeness (QED) is 0.307. The van der Waals surface area contributed by atoms with Crippen LogP contribution in [0.3, 0.4) is 0 Å². The van der Waals surface area contributed by atoms with Crippen molar-refractivity contribution in [2.45, 2.75) is 64.2 Å². The summed E-state index contributed by atoms with van der Waals surface area (Å²) in [4.78, 5) is 28.3. The summed E-state index contributed by atoms with van der Waals surface area (Å²) in [6, 6.07) is 0. The van der Waals surface area contributed by atoms with Crippen LogP contribution < -0.4 is 0 Å². The number of hydrogen-bond acceptors (Lipinski definition) is 2. The first kappa shape index (κ1) is 19.1. The number of carbonyl (C=O) groups is 1. The van der Waals surface area contributed by atoms with Crippen LogP contribution in [0.2, 0.25) is 0 Å². The van der Waals surface area contributed by atoms with Crippen molar-refractivity contribution in [3.63, 3.8) is 0 Å². The molecule has 19 heavy (non-hydrogen) atoms. The SMILES string of the molecule is O=C(CCl)CCCCCCCCCCCP(=O)(O)O. The van der Waals surface area contributed by atoms with Crippen LogP contribution in [0.4, 0.5) is 0 Å². The molecule has 2 N–H and O–H groups in total. The van der Waals surface area contributed by atoms with Gasteiger partial charge in [-0.05, 0) is 12.8 Å². The third-order valence-corrected chi connectivity index (χ3v) is 4.25. The number of unbranched alkanes of at least 4 members (excludes halogenated alkanes) is 8. The second-order valence-electron chi connectivity index (χ2n) is 4.99. The van der Waals surface area contributed by atoms with Crippen LogP contribution in [0.25, 0.3) is 0 Å². The van der Waals surface area contributed by atoms with Gasteiger partial charge >= 0.3 is 7.60 Å². The smallest absolute Gasteiger partial charge is 0.324 e. The van der Waals surface area contributed by atoms with E-state index in [0.29, 0.717) is 12.8 Å². The van der Waals surface area contributed by atoms with E-state index in [1.165, 1.54) is 12.8 Å². The Morgan fingerprint density at radius 2 is 1.26 bits per heavy atom. The standard InChI is InChI=1S/C13H26ClO4P/c14-12-13(15)10-8-6-4-2-1-3-5-7-9-11-19(16,17)18/h1-12H2,(H2,16,17,18). The van der Waals surface area contributed by atoms with Gasteiger partial charge < -0.3 is 9.79 Å². The molecule has 0 aromatic heterocycles. The molecule has 6 heteroatoms. The Hall–Kier alpha value is 0.110. The third-order valence-electron chi connectivity index (χ3n) is 3.05. The van der Waals surface area contributed by atoms with Crippen molar-refractivity contribution in [2.24, 2.45) is 0 Å². The fraction of sp³-hybridized carbons (Fsp3) is 0.923. The molecule has 0 amide bonds. The Morgan fingerprint density at radius 1 is 0.842 bits per heavy atom. The predicted octanol–water partition coefficient (Wildman–Crippen LogP) is 3.87. The fourth-order valence-corrected chi connectivity index (χ4v) is 2.71. The topological polar surface area (TPSA) is 74.6 Å². The van der Waals surface area contributed by atoms with Crippen LogP contribution in [-0.4, -0.2) is 27.6 Å². The van der Waals surface area contributed by atoms with Gasteiger partial charge in [-0.25, -0.2) is 0 Å². The third kappa shape index (κ3) is 16.1. The number of Topliss-reactive ketones (excluding diaryl/α,β-unsaturated/α-hetero) is 1. The van der Waals surface area contributed by atoms with Gasteiger partial charge in [-0.1, -0.05) is 44.9 Å². The van der Waals surface area contributed by atoms with Gasteiger partial charge in [0.15, 0.2) is 0 Å². The van der Waals surface area contributed by atoms with Crippen molar-refractivity contribution < 1.29 is 19.1 Å². The van der Waals surface area contributed by atoms with Gasteiger partial charge in [0, 0.05) is 12.6 Å². The molecule has 0 aliphatic heterocycles. The average Bonchev–Trinajstić information content (AvgIpc) is 2.34. The predicted molar refractivity (Wildman–Crippen MR) is 78.8 cm³/mol. The van der Waals surface area contributed by atoms with Gasteiger partial charge in [-0.15, -0.1) is 11.6 Å². The van der Waals surface area contributed by atoms with Gasteiger partial charge in [0.05, 0.1) is 5.88 Å². The molecule has 0 fully saturated rings. The lowest BCUT2D eigenvalue weighted by atomic mass is 10.1. The van der Waals surface area contributed by atoms with Gasteiger partial charge in [0.1, 0.15) is 5.78 Å². The summed E-state index contributed by atoms with van der Waals surface area (Å²) in [5.74, 6) is 0.265. The molecule has 4 nitrogen and oxygen atoms in total. The molecular weight excluding hydrogens is 287 g/mol. The lowest BCUT2D eigenvalue weighted by molar-refractivity contribution is -0.116. The zero-order chi connectivity index (χ0) is 14.6. The summed E-state index contributed by atoms with van der Waals surface area (Å²) in [5.41, 5.74) is 0. The Kier molecular flexibility index (Phi) is 12.0. The molecule has 0 bridgehead atoms. The maximum Gasteiger partial charge on any atom is 0.325 e. The molecule has 0 saturated carbocycles. The first-order valence-corrected chi connectivity index (χ1v) is 9.41. The molecule has 0 atom stereocenters. The molecule has 0 aromatic rings. The van der Waals surface area contributed by atoms with Crippen molar-refractivity contribution in [1.82, 2.24) is 0 Å². The summed E-state index contributed by atoms with van der Waals surface area (Å²) in [6.07, 6.45) is 9.82. The average molecular weight is 313 g/mol. The van der Waals surface area contributed by atoms with E-state index < -0.39 is 7.60 Å². The van der Waals surface area contributed by atoms with E-state index in [9.17, 15) is 9.36 Å². The lowest BCUT2D eigenvalue weighted by Gasteiger charge is -2.04. The Bertz CT molecular complexity index is 278. The van der Waals surface area contributed by atoms with Crippen molar-refractivity contribution in [1.29, 1.82) is 0 Å². The van der Waals surface area contributed by atoms with Crippen LogP contribution >= 0.6 is 19.2 Å². The Morgan fingerprint density at radius 3 is 1.68 bits per heavy atom. The number of hydrogen-bond donors (Lipinski definition) is 2. The molecule has 0 aromatic carbocycles. The highest BCUT2D eigenvalue weighted by Crippen LogP contribution is 2.35. The van der Waals surface area contributed by atoms with Crippen LogP contribution in [0.1, 0.15) is 64.2 Å². The second-order valence-corrected chi connectivity index (χ2v) is 7.04. The normalized spacial score (nSPS) is 11.7. The maximum absolute atomic E-state index is 10.9. The van der Waals surface area contributed by atoms with E-state index in [4.69, 9.17) is 21.4 Å². The summed E-state index contributed by atoms with van der Waals surface area (Å²) in [6.45, 7) is 0. The first-order valence-electron chi connectivity index (χ1n) is 7.08. The van der Waals surface area contributed by atoms with Crippen LogP contribution in [0.15, 0.2) is 0 Å². The molecule has 0 heterocycles. The van der Waals surface area contributed by atoms with Crippen molar-refractivity contribution in [3.05, 3.63) is 0 Å². The second kappa shape index (κ2) is 11.9. The number of ketones is 1. The minimum atomic E-state index is -3.79. The zero-order valence-electron chi connectivity index (χ0n) is 11.5. The summed E-state index contributed by atoms with van der Waals surface area (Å²) < 4.78 is 10.6. The van der Waals surface area contributed by atoms with Crippen LogP contribution in [0, 0.1) is 0 Å². The van der Waals surface area contributed by atoms with Crippen molar-refractivity contribution >= 4 is 25.0 Å². The summed E-state index contributed by atoms with van der Waals surface area (Å²) >= 11 is 5.40. The molecule has 114 valence electrons. The van der Waals surface area contributed by atoms with Gasteiger partial charge in [-0.2, -0.15) is 0 Å². The molecule has 0 rings (SSSR count). The molecule has 0 spiro atoms. The first-order chi connectivity index (χ1) is 8.95. The largest absolute Gasteiger partial charge is 0.325 e. The highest BCUT2D eigenvalue weighted by atomic mass is 35.5. The van der Waals surface area contributed by atoms with Crippen molar-refractivity contribution in [3.8, 4) is 0 Å². The summed E-state index contributed by atoms with van der Waals surface area (Å²) in [7, 11) is -3.79. The molecule has 0 unspecified atom stereocenters. The Labute approximate surface area is 121 Å². The molecule has 0 saturated heterocycles. The minimum absolute atomic E-state index is 0.0155. The highest BCUT2D eigenvalue weighted by Gasteiger charge is 2.10. The van der Waals surface area contributed by atoms with Gasteiger partial charge in [0.25, 0.3) is 0 Å². The molecule has 0 aliphatic carbocycles. The van der Waals surface area contributed by atoms with Gasteiger partial charge in [0.2, 0.25) is 0 Å². The van der Waals surface area contributed by atoms with Gasteiger partial charge in [-0.3, -0.25) is 9.36 Å². The highest BCUT2D eigenvalue weighted by molar-refractivity contribution is 7.51. The molecule has 0 aliphatic rings. The summed E-state index contributed by atoms with van der Waals surface area (Å²) in [5, 5.41) is 0. The van der Waals surface area contributed by atoms with E-state index in [-0.39, 0.29) is 17.8 Å². The number of alkyl halides is 1. The van der Waals surface area contributed by atoms with E-state index in [1.807, 2.05) is 0 Å². The zero-order valence-corrected chi connectivity index (χ0v) is 13.2. The maximum atomic E-state index is 10.9. The molecular formula is C13H26ClO4P. The van der Waals surface area contributed by atoms with E-state index in [1.54, 1.807) is 0 Å². The number of rotatable bonds is 13. The Balaban J connectivity index is 3.11. The molecule has 0 radical (unpaired) electrons. The van der Waals surface area contributed by atoms with Crippen LogP contribution in [0.5, 0.6) is 0 Å². The number of carbonyl (C=O) groups excluding carboxylic acids is 1. The lowest BCUT2D eigenvalue weighted by Crippen LogP contribution is -1.98. The monoisotopic (exact) mass is 312 g/mol. The minimum Gasteiger partial charge on any atom is -0.324 e. The fourth-order valence-electron chi connectivity index (χ4n) is 1.94. The van der Waals surface area contributed by atoms with E-state index >= 15 is 0 Å². The van der Waals surface area contributed by atoms with E-state index in [0.717, 1.165) is 38.5 Å².